The van der Waals surface area contributed by atoms with Crippen LogP contribution < -0.4 is 5.48 Å². The minimum absolute atomic E-state index is 0.0571. The van der Waals surface area contributed by atoms with Gasteiger partial charge in [-0.2, -0.15) is 0 Å². The van der Waals surface area contributed by atoms with Crippen LogP contribution in [0.3, 0.4) is 0 Å². The molecule has 0 saturated carbocycles. The number of hydrogen-bond acceptors (Lipinski definition) is 3. The fraction of sp³-hybridized carbons (Fsp3) is 0.500. The number of Topliss-reactive ketones (excluding diaryl/α,β-unsaturated/α-hetero) is 1. The van der Waals surface area contributed by atoms with Gasteiger partial charge >= 0.3 is 0 Å². The van der Waals surface area contributed by atoms with Crippen molar-refractivity contribution in [1.82, 2.24) is 5.48 Å². The number of carbonyl (C=O) groups excluding carboxylic acids is 1. The van der Waals surface area contributed by atoms with E-state index in [9.17, 15) is 10.0 Å². The summed E-state index contributed by atoms with van der Waals surface area (Å²) in [5.41, 5.74) is 2.15. The summed E-state index contributed by atoms with van der Waals surface area (Å²) in [7, 11) is 0. The topological polar surface area (TPSA) is 52.2 Å². The van der Waals surface area contributed by atoms with Crippen LogP contribution in [0.2, 0.25) is 0 Å². The van der Waals surface area contributed by atoms with Gasteiger partial charge in [0.05, 0.1) is 0 Å². The number of rotatable bonds is 4. The molecule has 3 heteroatoms. The predicted molar refractivity (Wildman–Crippen MR) is 35.8 cm³/mol. The Bertz CT molecular complexity index is 120. The van der Waals surface area contributed by atoms with Crippen LogP contribution in [-0.2, 0) is 4.79 Å². The Balaban J connectivity index is 3.39. The van der Waals surface area contributed by atoms with Gasteiger partial charge in [-0.15, -0.1) is 0 Å². The number of allylic oxidation sites excluding steroid dienone is 1. The Morgan fingerprint density at radius 2 is 2.33 bits per heavy atom. The Hall–Kier alpha value is -0.670. The third-order valence-corrected chi connectivity index (χ3v) is 0.930. The molecule has 0 saturated heterocycles. The summed E-state index contributed by atoms with van der Waals surface area (Å²) in [6, 6.07) is 0. The van der Waals surface area contributed by atoms with Gasteiger partial charge in [0, 0.05) is 6.42 Å². The lowest BCUT2D eigenvalue weighted by atomic mass is 10.2. The first-order chi connectivity index (χ1) is 4.18. The lowest BCUT2D eigenvalue weighted by molar-refractivity contribution is -0.115. The minimum atomic E-state index is -0.0571. The van der Waals surface area contributed by atoms with Crippen LogP contribution in [0.5, 0.6) is 0 Å². The van der Waals surface area contributed by atoms with Crippen molar-refractivity contribution in [2.24, 2.45) is 0 Å². The van der Waals surface area contributed by atoms with Gasteiger partial charge < -0.3 is 10.7 Å². The van der Waals surface area contributed by atoms with E-state index < -0.39 is 0 Å². The molecule has 1 N–H and O–H groups in total. The molecule has 0 radical (unpaired) electrons. The molecule has 0 aromatic carbocycles. The van der Waals surface area contributed by atoms with E-state index in [-0.39, 0.29) is 18.7 Å². The van der Waals surface area contributed by atoms with Crippen LogP contribution >= 0.6 is 0 Å². The van der Waals surface area contributed by atoms with E-state index in [1.807, 2.05) is 0 Å². The van der Waals surface area contributed by atoms with Crippen molar-refractivity contribution in [2.75, 3.05) is 6.54 Å². The van der Waals surface area contributed by atoms with Crippen molar-refractivity contribution >= 4 is 5.78 Å². The molecule has 0 atom stereocenters. The summed E-state index contributed by atoms with van der Waals surface area (Å²) < 4.78 is 0. The van der Waals surface area contributed by atoms with Gasteiger partial charge in [0.1, 0.15) is 0 Å². The molecule has 0 aliphatic heterocycles. The van der Waals surface area contributed by atoms with Crippen molar-refractivity contribution in [1.29, 1.82) is 0 Å². The van der Waals surface area contributed by atoms with Gasteiger partial charge in [0.15, 0.2) is 5.78 Å². The lowest BCUT2D eigenvalue weighted by Crippen LogP contribution is -2.11. The van der Waals surface area contributed by atoms with Crippen molar-refractivity contribution in [2.45, 2.75) is 13.3 Å². The van der Waals surface area contributed by atoms with Gasteiger partial charge in [0.25, 0.3) is 0 Å². The SMILES string of the molecule is C=C(C)C(=O)CCN[O-]. The average Bonchev–Trinajstić information content (AvgIpc) is 1.82. The number of carbonyl (C=O) groups is 1. The van der Waals surface area contributed by atoms with E-state index in [2.05, 4.69) is 6.58 Å². The zero-order valence-electron chi connectivity index (χ0n) is 5.44. The van der Waals surface area contributed by atoms with Crippen LogP contribution in [0.4, 0.5) is 0 Å². The number of ketones is 1. The van der Waals surface area contributed by atoms with Gasteiger partial charge in [-0.3, -0.25) is 4.79 Å². The molecule has 52 valence electrons. The molecule has 0 rings (SSSR count). The molecule has 0 spiro atoms. The first-order valence-corrected chi connectivity index (χ1v) is 2.72. The maximum atomic E-state index is 10.6. The van der Waals surface area contributed by atoms with Gasteiger partial charge in [-0.25, -0.2) is 0 Å². The average molecular weight is 128 g/mol. The molecule has 0 aliphatic rings. The number of nitrogens with one attached hydrogen (secondary N) is 1. The van der Waals surface area contributed by atoms with E-state index in [0.717, 1.165) is 0 Å². The zero-order chi connectivity index (χ0) is 7.28. The number of hydroxylamine groups is 1. The second-order valence-electron chi connectivity index (χ2n) is 1.85. The molecule has 0 aromatic rings. The third kappa shape index (κ3) is 3.88. The second-order valence-corrected chi connectivity index (χ2v) is 1.85. The lowest BCUT2D eigenvalue weighted by Gasteiger charge is -2.04. The minimum Gasteiger partial charge on any atom is -0.788 e. The summed E-state index contributed by atoms with van der Waals surface area (Å²) in [6.45, 7) is 5.25. The molecule has 0 aliphatic carbocycles. The van der Waals surface area contributed by atoms with Crippen molar-refractivity contribution < 1.29 is 4.79 Å². The molecule has 0 unspecified atom stereocenters. The van der Waals surface area contributed by atoms with E-state index in [1.165, 1.54) is 0 Å². The van der Waals surface area contributed by atoms with Crippen LogP contribution in [0.15, 0.2) is 12.2 Å². The summed E-state index contributed by atoms with van der Waals surface area (Å²) in [5.74, 6) is -0.0571. The van der Waals surface area contributed by atoms with Crippen molar-refractivity contribution in [3.8, 4) is 0 Å². The molecule has 0 heterocycles. The van der Waals surface area contributed by atoms with E-state index in [0.29, 0.717) is 5.57 Å². The molecule has 0 bridgehead atoms. The highest BCUT2D eigenvalue weighted by Crippen LogP contribution is 1.92. The first-order valence-electron chi connectivity index (χ1n) is 2.72. The van der Waals surface area contributed by atoms with E-state index in [4.69, 9.17) is 0 Å². The van der Waals surface area contributed by atoms with Crippen LogP contribution in [0.25, 0.3) is 0 Å². The fourth-order valence-electron chi connectivity index (χ4n) is 0.378. The Kier molecular flexibility index (Phi) is 3.92. The van der Waals surface area contributed by atoms with Crippen molar-refractivity contribution in [3.63, 3.8) is 0 Å². The summed E-state index contributed by atoms with van der Waals surface area (Å²) in [5, 5.41) is 9.63. The van der Waals surface area contributed by atoms with Crippen LogP contribution in [-0.4, -0.2) is 12.3 Å². The Morgan fingerprint density at radius 1 is 1.78 bits per heavy atom. The molecule has 0 amide bonds. The molecule has 9 heavy (non-hydrogen) atoms. The Labute approximate surface area is 54.3 Å². The van der Waals surface area contributed by atoms with Gasteiger partial charge in [-0.1, -0.05) is 6.58 Å². The molecular formula is C6H10NO2-. The zero-order valence-corrected chi connectivity index (χ0v) is 5.44. The largest absolute Gasteiger partial charge is 0.788 e. The van der Waals surface area contributed by atoms with Gasteiger partial charge in [-0.05, 0) is 19.0 Å². The highest BCUT2D eigenvalue weighted by atomic mass is 16.5. The highest BCUT2D eigenvalue weighted by molar-refractivity contribution is 5.94. The third-order valence-electron chi connectivity index (χ3n) is 0.930. The normalized spacial score (nSPS) is 9.11. The van der Waals surface area contributed by atoms with Crippen LogP contribution in [0, 0.1) is 5.21 Å². The highest BCUT2D eigenvalue weighted by Gasteiger charge is 1.97. The Morgan fingerprint density at radius 3 is 2.67 bits per heavy atom. The maximum absolute atomic E-state index is 10.6. The maximum Gasteiger partial charge on any atom is 0.159 e. The van der Waals surface area contributed by atoms with Gasteiger partial charge in [0.2, 0.25) is 0 Å². The van der Waals surface area contributed by atoms with Crippen LogP contribution in [0.1, 0.15) is 13.3 Å². The smallest absolute Gasteiger partial charge is 0.159 e. The van der Waals surface area contributed by atoms with E-state index in [1.54, 1.807) is 12.4 Å². The second kappa shape index (κ2) is 4.23. The first kappa shape index (κ1) is 8.33. The standard InChI is InChI=1S/C6H10NO2/c1-5(2)6(8)3-4-7-9/h7H,1,3-4H2,2H3/q-1. The summed E-state index contributed by atoms with van der Waals surface area (Å²) >= 11 is 0. The molecule has 3 nitrogen and oxygen atoms in total. The molecule has 0 aromatic heterocycles. The summed E-state index contributed by atoms with van der Waals surface area (Å²) in [4.78, 5) is 10.6. The summed E-state index contributed by atoms with van der Waals surface area (Å²) in [6.07, 6.45) is 0.249. The fourth-order valence-corrected chi connectivity index (χ4v) is 0.378. The number of hydrogen-bond donors (Lipinski definition) is 1. The molecular weight excluding hydrogens is 118 g/mol. The monoisotopic (exact) mass is 128 g/mol. The molecule has 0 fully saturated rings. The van der Waals surface area contributed by atoms with E-state index >= 15 is 0 Å². The predicted octanol–water partition coefficient (Wildman–Crippen LogP) is 0.609. The quantitative estimate of drug-likeness (QED) is 0.445. The van der Waals surface area contributed by atoms with Crippen molar-refractivity contribution in [3.05, 3.63) is 17.4 Å².